The van der Waals surface area contributed by atoms with Crippen LogP contribution < -0.4 is 5.32 Å². The third-order valence-corrected chi connectivity index (χ3v) is 6.47. The molecule has 2 heterocycles. The van der Waals surface area contributed by atoms with E-state index < -0.39 is 10.0 Å². The highest BCUT2D eigenvalue weighted by molar-refractivity contribution is 7.89. The minimum absolute atomic E-state index is 0.0648. The van der Waals surface area contributed by atoms with Crippen LogP contribution in [0.1, 0.15) is 23.0 Å². The molecule has 1 aliphatic heterocycles. The van der Waals surface area contributed by atoms with Crippen LogP contribution in [0.2, 0.25) is 0 Å². The second-order valence-corrected chi connectivity index (χ2v) is 8.37. The molecule has 0 radical (unpaired) electrons. The highest BCUT2D eigenvalue weighted by atomic mass is 32.2. The molecule has 23 heavy (non-hydrogen) atoms. The van der Waals surface area contributed by atoms with Gasteiger partial charge in [-0.25, -0.2) is 8.42 Å². The first-order valence-corrected chi connectivity index (χ1v) is 10.00. The summed E-state index contributed by atoms with van der Waals surface area (Å²) < 4.78 is 25.0. The van der Waals surface area contributed by atoms with E-state index in [4.69, 9.17) is 0 Å². The molecule has 128 valence electrons. The molecular formula is C14H21N3O4S2. The SMILES string of the molecule is CCS(=O)(=O)N1CCN(C(=O)CCNC(=O)c2cccs2)CC1. The van der Waals surface area contributed by atoms with Crippen molar-refractivity contribution in [1.29, 1.82) is 0 Å². The van der Waals surface area contributed by atoms with Crippen molar-refractivity contribution < 1.29 is 18.0 Å². The average Bonchev–Trinajstić information content (AvgIpc) is 3.09. The molecule has 7 nitrogen and oxygen atoms in total. The third-order valence-electron chi connectivity index (χ3n) is 3.72. The molecule has 0 saturated carbocycles. The zero-order valence-electron chi connectivity index (χ0n) is 13.0. The molecule has 0 atom stereocenters. The minimum atomic E-state index is -3.18. The van der Waals surface area contributed by atoms with Crippen molar-refractivity contribution >= 4 is 33.2 Å². The summed E-state index contributed by atoms with van der Waals surface area (Å²) in [6, 6.07) is 3.53. The van der Waals surface area contributed by atoms with E-state index >= 15 is 0 Å². The minimum Gasteiger partial charge on any atom is -0.351 e. The van der Waals surface area contributed by atoms with Gasteiger partial charge < -0.3 is 10.2 Å². The third kappa shape index (κ3) is 4.76. The summed E-state index contributed by atoms with van der Waals surface area (Å²) in [5.41, 5.74) is 0. The van der Waals surface area contributed by atoms with Gasteiger partial charge >= 0.3 is 0 Å². The number of carbonyl (C=O) groups excluding carboxylic acids is 2. The Labute approximate surface area is 140 Å². The van der Waals surface area contributed by atoms with Crippen LogP contribution in [0.4, 0.5) is 0 Å². The fourth-order valence-electron chi connectivity index (χ4n) is 2.33. The maximum Gasteiger partial charge on any atom is 0.261 e. The lowest BCUT2D eigenvalue weighted by molar-refractivity contribution is -0.132. The van der Waals surface area contributed by atoms with Gasteiger partial charge in [-0.1, -0.05) is 6.07 Å². The van der Waals surface area contributed by atoms with Gasteiger partial charge in [-0.3, -0.25) is 9.59 Å². The van der Waals surface area contributed by atoms with Gasteiger partial charge in [-0.2, -0.15) is 4.31 Å². The molecule has 1 saturated heterocycles. The molecule has 1 N–H and O–H groups in total. The summed E-state index contributed by atoms with van der Waals surface area (Å²) in [4.78, 5) is 26.1. The zero-order valence-corrected chi connectivity index (χ0v) is 14.7. The Kier molecular flexibility index (Phi) is 6.14. The first kappa shape index (κ1) is 17.9. The van der Waals surface area contributed by atoms with Gasteiger partial charge in [0, 0.05) is 39.1 Å². The number of carbonyl (C=O) groups is 2. The lowest BCUT2D eigenvalue weighted by atomic mass is 10.3. The highest BCUT2D eigenvalue weighted by Gasteiger charge is 2.27. The Balaban J connectivity index is 1.72. The number of rotatable bonds is 6. The van der Waals surface area contributed by atoms with E-state index in [0.717, 1.165) is 0 Å². The van der Waals surface area contributed by atoms with Crippen LogP contribution in [-0.2, 0) is 14.8 Å². The summed E-state index contributed by atoms with van der Waals surface area (Å²) in [7, 11) is -3.18. The van der Waals surface area contributed by atoms with Crippen LogP contribution in [0.3, 0.4) is 0 Å². The Morgan fingerprint density at radius 3 is 2.52 bits per heavy atom. The Morgan fingerprint density at radius 1 is 1.26 bits per heavy atom. The van der Waals surface area contributed by atoms with E-state index in [-0.39, 0.29) is 30.5 Å². The average molecular weight is 359 g/mol. The summed E-state index contributed by atoms with van der Waals surface area (Å²) in [5.74, 6) is -0.160. The fourth-order valence-corrected chi connectivity index (χ4v) is 4.06. The van der Waals surface area contributed by atoms with Gasteiger partial charge in [-0.15, -0.1) is 11.3 Å². The molecule has 1 aromatic rings. The van der Waals surface area contributed by atoms with Gasteiger partial charge in [0.25, 0.3) is 5.91 Å². The van der Waals surface area contributed by atoms with Crippen LogP contribution in [0, 0.1) is 0 Å². The van der Waals surface area contributed by atoms with Crippen LogP contribution >= 0.6 is 11.3 Å². The molecule has 2 rings (SSSR count). The van der Waals surface area contributed by atoms with E-state index in [1.54, 1.807) is 24.0 Å². The van der Waals surface area contributed by atoms with E-state index in [1.165, 1.54) is 15.6 Å². The largest absolute Gasteiger partial charge is 0.351 e. The van der Waals surface area contributed by atoms with Crippen molar-refractivity contribution in [3.05, 3.63) is 22.4 Å². The number of sulfonamides is 1. The highest BCUT2D eigenvalue weighted by Crippen LogP contribution is 2.10. The maximum atomic E-state index is 12.1. The van der Waals surface area contributed by atoms with Gasteiger partial charge in [0.1, 0.15) is 0 Å². The van der Waals surface area contributed by atoms with E-state index in [9.17, 15) is 18.0 Å². The normalized spacial score (nSPS) is 16.3. The van der Waals surface area contributed by atoms with Crippen LogP contribution in [0.25, 0.3) is 0 Å². The van der Waals surface area contributed by atoms with Crippen molar-refractivity contribution in [2.75, 3.05) is 38.5 Å². The second-order valence-electron chi connectivity index (χ2n) is 5.16. The molecule has 9 heteroatoms. The number of hydrogen-bond acceptors (Lipinski definition) is 5. The second kappa shape index (κ2) is 7.89. The standard InChI is InChI=1S/C14H21N3O4S2/c1-2-23(20,21)17-9-7-16(8-10-17)13(18)5-6-15-14(19)12-4-3-11-22-12/h3-4,11H,2,5-10H2,1H3,(H,15,19). The van der Waals surface area contributed by atoms with Crippen molar-refractivity contribution in [3.63, 3.8) is 0 Å². The molecule has 0 aliphatic carbocycles. The number of piperazine rings is 1. The predicted octanol–water partition coefficient (Wildman–Crippen LogP) is 0.362. The molecule has 0 bridgehead atoms. The first-order chi connectivity index (χ1) is 10.9. The Morgan fingerprint density at radius 2 is 1.96 bits per heavy atom. The van der Waals surface area contributed by atoms with Gasteiger partial charge in [-0.05, 0) is 18.4 Å². The Hall–Kier alpha value is -1.45. The van der Waals surface area contributed by atoms with Gasteiger partial charge in [0.05, 0.1) is 10.6 Å². The van der Waals surface area contributed by atoms with E-state index in [0.29, 0.717) is 31.1 Å². The van der Waals surface area contributed by atoms with E-state index in [1.807, 2.05) is 5.38 Å². The molecule has 1 fully saturated rings. The van der Waals surface area contributed by atoms with Crippen molar-refractivity contribution in [3.8, 4) is 0 Å². The predicted molar refractivity (Wildman–Crippen MR) is 88.9 cm³/mol. The number of thiophene rings is 1. The molecule has 0 aromatic carbocycles. The summed E-state index contributed by atoms with van der Waals surface area (Å²) in [6.07, 6.45) is 0.220. The lowest BCUT2D eigenvalue weighted by Crippen LogP contribution is -2.51. The smallest absolute Gasteiger partial charge is 0.261 e. The number of nitrogens with zero attached hydrogens (tertiary/aromatic N) is 2. The molecule has 1 aromatic heterocycles. The summed E-state index contributed by atoms with van der Waals surface area (Å²) in [6.45, 7) is 3.37. The van der Waals surface area contributed by atoms with Crippen molar-refractivity contribution in [1.82, 2.24) is 14.5 Å². The quantitative estimate of drug-likeness (QED) is 0.795. The maximum absolute atomic E-state index is 12.1. The van der Waals surface area contributed by atoms with Crippen LogP contribution in [0.5, 0.6) is 0 Å². The number of amides is 2. The molecule has 0 spiro atoms. The topological polar surface area (TPSA) is 86.8 Å². The monoisotopic (exact) mass is 359 g/mol. The van der Waals surface area contributed by atoms with Gasteiger partial charge in [0.2, 0.25) is 15.9 Å². The fraction of sp³-hybridized carbons (Fsp3) is 0.571. The summed E-state index contributed by atoms with van der Waals surface area (Å²) >= 11 is 1.35. The van der Waals surface area contributed by atoms with Crippen molar-refractivity contribution in [2.45, 2.75) is 13.3 Å². The zero-order chi connectivity index (χ0) is 16.9. The molecular weight excluding hydrogens is 338 g/mol. The number of hydrogen-bond donors (Lipinski definition) is 1. The van der Waals surface area contributed by atoms with Crippen molar-refractivity contribution in [2.24, 2.45) is 0 Å². The lowest BCUT2D eigenvalue weighted by Gasteiger charge is -2.33. The summed E-state index contributed by atoms with van der Waals surface area (Å²) in [5, 5.41) is 4.54. The van der Waals surface area contributed by atoms with E-state index in [2.05, 4.69) is 5.32 Å². The molecule has 2 amide bonds. The van der Waals surface area contributed by atoms with Crippen LogP contribution in [0.15, 0.2) is 17.5 Å². The van der Waals surface area contributed by atoms with Gasteiger partial charge in [0.15, 0.2) is 0 Å². The molecule has 0 unspecified atom stereocenters. The first-order valence-electron chi connectivity index (χ1n) is 7.51. The Bertz CT molecular complexity index is 635. The van der Waals surface area contributed by atoms with Crippen LogP contribution in [-0.4, -0.2) is 67.9 Å². The number of nitrogens with one attached hydrogen (secondary N) is 1. The molecule has 1 aliphatic rings.